The highest BCUT2D eigenvalue weighted by atomic mass is 35.5. The molecule has 0 radical (unpaired) electrons. The lowest BCUT2D eigenvalue weighted by Gasteiger charge is -2.20. The molecule has 0 aliphatic rings. The minimum Gasteiger partial charge on any atom is -0.387 e. The van der Waals surface area contributed by atoms with Gasteiger partial charge < -0.3 is 5.11 Å². The summed E-state index contributed by atoms with van der Waals surface area (Å²) in [6.07, 6.45) is 1.14. The van der Waals surface area contributed by atoms with Gasteiger partial charge in [0, 0.05) is 5.39 Å². The van der Waals surface area contributed by atoms with Crippen molar-refractivity contribution in [2.75, 3.05) is 0 Å². The Bertz CT molecular complexity index is 574. The maximum atomic E-state index is 10.2. The molecule has 0 saturated heterocycles. The Morgan fingerprint density at radius 1 is 1.21 bits per heavy atom. The minimum absolute atomic E-state index is 0.218. The molecule has 0 aliphatic carbocycles. The molecule has 0 bridgehead atoms. The molecular formula is C16H20ClNO. The summed E-state index contributed by atoms with van der Waals surface area (Å²) in [4.78, 5) is 4.49. The van der Waals surface area contributed by atoms with Crippen LogP contribution in [-0.2, 0) is 0 Å². The fourth-order valence-corrected chi connectivity index (χ4v) is 2.25. The molecule has 19 heavy (non-hydrogen) atoms. The van der Waals surface area contributed by atoms with Gasteiger partial charge in [0.15, 0.2) is 0 Å². The summed E-state index contributed by atoms with van der Waals surface area (Å²) in [7, 11) is 0. The van der Waals surface area contributed by atoms with Crippen molar-refractivity contribution >= 4 is 22.5 Å². The van der Waals surface area contributed by atoms with Crippen LogP contribution in [0.15, 0.2) is 30.3 Å². The van der Waals surface area contributed by atoms with Gasteiger partial charge in [0.05, 0.1) is 22.3 Å². The SMILES string of the molecule is CC(C)(C)CC[C@H](O)c1ccc2cccc(Cl)c2n1. The van der Waals surface area contributed by atoms with E-state index < -0.39 is 6.10 Å². The molecular weight excluding hydrogens is 258 g/mol. The molecule has 2 rings (SSSR count). The third kappa shape index (κ3) is 3.68. The van der Waals surface area contributed by atoms with Crippen molar-refractivity contribution in [2.24, 2.45) is 5.41 Å². The monoisotopic (exact) mass is 277 g/mol. The maximum absolute atomic E-state index is 10.2. The van der Waals surface area contributed by atoms with E-state index in [9.17, 15) is 5.11 Å². The van der Waals surface area contributed by atoms with Crippen LogP contribution >= 0.6 is 11.6 Å². The number of halogens is 1. The van der Waals surface area contributed by atoms with Gasteiger partial charge >= 0.3 is 0 Å². The molecule has 1 heterocycles. The van der Waals surface area contributed by atoms with Crippen molar-refractivity contribution in [1.82, 2.24) is 4.98 Å². The van der Waals surface area contributed by atoms with E-state index in [1.165, 1.54) is 0 Å². The fraction of sp³-hybridized carbons (Fsp3) is 0.438. The van der Waals surface area contributed by atoms with Crippen molar-refractivity contribution in [3.05, 3.63) is 41.0 Å². The summed E-state index contributed by atoms with van der Waals surface area (Å²) in [5.41, 5.74) is 1.68. The number of hydrogen-bond acceptors (Lipinski definition) is 2. The van der Waals surface area contributed by atoms with Gasteiger partial charge in [-0.3, -0.25) is 0 Å². The molecule has 0 fully saturated rings. The standard InChI is InChI=1S/C16H20ClNO/c1-16(2,3)10-9-14(19)13-8-7-11-5-4-6-12(17)15(11)18-13/h4-8,14,19H,9-10H2,1-3H3/t14-/m0/s1. The predicted octanol–water partition coefficient (Wildman–Crippen LogP) is 4.75. The smallest absolute Gasteiger partial charge is 0.0960 e. The van der Waals surface area contributed by atoms with Gasteiger partial charge in [0.2, 0.25) is 0 Å². The molecule has 0 amide bonds. The maximum Gasteiger partial charge on any atom is 0.0960 e. The Balaban J connectivity index is 2.23. The van der Waals surface area contributed by atoms with Crippen LogP contribution in [0, 0.1) is 5.41 Å². The molecule has 0 spiro atoms. The Labute approximate surface area is 119 Å². The molecule has 2 aromatic rings. The zero-order valence-electron chi connectivity index (χ0n) is 11.7. The van der Waals surface area contributed by atoms with Crippen molar-refractivity contribution in [3.63, 3.8) is 0 Å². The number of fused-ring (bicyclic) bond motifs is 1. The zero-order chi connectivity index (χ0) is 14.0. The van der Waals surface area contributed by atoms with Crippen molar-refractivity contribution in [2.45, 2.75) is 39.7 Å². The van der Waals surface area contributed by atoms with Gasteiger partial charge in [-0.15, -0.1) is 0 Å². The number of benzene rings is 1. The van der Waals surface area contributed by atoms with Gasteiger partial charge in [0.25, 0.3) is 0 Å². The lowest BCUT2D eigenvalue weighted by Crippen LogP contribution is -2.09. The van der Waals surface area contributed by atoms with Crippen LogP contribution < -0.4 is 0 Å². The second-order valence-corrected chi connectivity index (χ2v) is 6.57. The molecule has 1 atom stereocenters. The molecule has 0 aliphatic heterocycles. The molecule has 0 saturated carbocycles. The summed E-state index contributed by atoms with van der Waals surface area (Å²) in [5, 5.41) is 11.9. The van der Waals surface area contributed by atoms with E-state index in [2.05, 4.69) is 25.8 Å². The fourth-order valence-electron chi connectivity index (χ4n) is 2.03. The second kappa shape index (κ2) is 5.48. The number of hydrogen-bond donors (Lipinski definition) is 1. The number of aliphatic hydroxyl groups is 1. The van der Waals surface area contributed by atoms with Crippen LogP contribution in [0.4, 0.5) is 0 Å². The third-order valence-corrected chi connectivity index (χ3v) is 3.51. The average molecular weight is 278 g/mol. The van der Waals surface area contributed by atoms with Crippen LogP contribution in [0.25, 0.3) is 10.9 Å². The molecule has 1 N–H and O–H groups in total. The molecule has 1 aromatic heterocycles. The minimum atomic E-state index is -0.528. The average Bonchev–Trinajstić information content (AvgIpc) is 2.35. The molecule has 1 aromatic carbocycles. The first kappa shape index (κ1) is 14.3. The van der Waals surface area contributed by atoms with E-state index in [1.807, 2.05) is 30.3 Å². The largest absolute Gasteiger partial charge is 0.387 e. The van der Waals surface area contributed by atoms with Crippen LogP contribution in [0.3, 0.4) is 0 Å². The Hall–Kier alpha value is -1.12. The normalized spacial score (nSPS) is 13.7. The van der Waals surface area contributed by atoms with Crippen LogP contribution in [0.1, 0.15) is 45.4 Å². The summed E-state index contributed by atoms with van der Waals surface area (Å²) < 4.78 is 0. The van der Waals surface area contributed by atoms with Crippen LogP contribution in [0.5, 0.6) is 0 Å². The number of para-hydroxylation sites is 1. The van der Waals surface area contributed by atoms with E-state index in [4.69, 9.17) is 11.6 Å². The van der Waals surface area contributed by atoms with Crippen LogP contribution in [0.2, 0.25) is 5.02 Å². The number of rotatable bonds is 3. The summed E-state index contributed by atoms with van der Waals surface area (Å²) in [5.74, 6) is 0. The highest BCUT2D eigenvalue weighted by molar-refractivity contribution is 6.35. The lowest BCUT2D eigenvalue weighted by atomic mass is 9.88. The van der Waals surface area contributed by atoms with Crippen molar-refractivity contribution < 1.29 is 5.11 Å². The highest BCUT2D eigenvalue weighted by Gasteiger charge is 2.16. The van der Waals surface area contributed by atoms with E-state index >= 15 is 0 Å². The van der Waals surface area contributed by atoms with Gasteiger partial charge in [-0.25, -0.2) is 4.98 Å². The number of aliphatic hydroxyl groups excluding tert-OH is 1. The lowest BCUT2D eigenvalue weighted by molar-refractivity contribution is 0.144. The number of aromatic nitrogens is 1. The quantitative estimate of drug-likeness (QED) is 0.878. The molecule has 3 heteroatoms. The van der Waals surface area contributed by atoms with Crippen molar-refractivity contribution in [1.29, 1.82) is 0 Å². The Kier molecular flexibility index (Phi) is 4.12. The first-order chi connectivity index (χ1) is 8.87. The summed E-state index contributed by atoms with van der Waals surface area (Å²) >= 11 is 6.14. The zero-order valence-corrected chi connectivity index (χ0v) is 12.4. The predicted molar refractivity (Wildman–Crippen MR) is 80.4 cm³/mol. The Morgan fingerprint density at radius 2 is 1.95 bits per heavy atom. The van der Waals surface area contributed by atoms with Gasteiger partial charge in [-0.1, -0.05) is 50.6 Å². The Morgan fingerprint density at radius 3 is 2.63 bits per heavy atom. The summed E-state index contributed by atoms with van der Waals surface area (Å²) in [6, 6.07) is 9.54. The van der Waals surface area contributed by atoms with Gasteiger partial charge in [0.1, 0.15) is 0 Å². The van der Waals surface area contributed by atoms with E-state index in [0.717, 1.165) is 17.3 Å². The molecule has 2 nitrogen and oxygen atoms in total. The van der Waals surface area contributed by atoms with E-state index in [0.29, 0.717) is 17.1 Å². The topological polar surface area (TPSA) is 33.1 Å². The highest BCUT2D eigenvalue weighted by Crippen LogP contribution is 2.28. The molecule has 102 valence electrons. The number of nitrogens with zero attached hydrogens (tertiary/aromatic N) is 1. The molecule has 0 unspecified atom stereocenters. The van der Waals surface area contributed by atoms with E-state index in [1.54, 1.807) is 0 Å². The van der Waals surface area contributed by atoms with Gasteiger partial charge in [-0.05, 0) is 30.4 Å². The van der Waals surface area contributed by atoms with Crippen molar-refractivity contribution in [3.8, 4) is 0 Å². The van der Waals surface area contributed by atoms with Gasteiger partial charge in [-0.2, -0.15) is 0 Å². The second-order valence-electron chi connectivity index (χ2n) is 6.16. The third-order valence-electron chi connectivity index (χ3n) is 3.20. The number of pyridine rings is 1. The summed E-state index contributed by atoms with van der Waals surface area (Å²) in [6.45, 7) is 6.51. The first-order valence-electron chi connectivity index (χ1n) is 6.60. The van der Waals surface area contributed by atoms with E-state index in [-0.39, 0.29) is 5.41 Å². The van der Waals surface area contributed by atoms with Crippen LogP contribution in [-0.4, -0.2) is 10.1 Å². The first-order valence-corrected chi connectivity index (χ1v) is 6.98.